The molecule has 1 aliphatic heterocycles. The molecule has 0 radical (unpaired) electrons. The number of nitrogens with zero attached hydrogens (tertiary/aromatic N) is 1. The lowest BCUT2D eigenvalue weighted by molar-refractivity contribution is 0.537. The van der Waals surface area contributed by atoms with Crippen molar-refractivity contribution in [1.29, 1.82) is 0 Å². The zero-order valence-corrected chi connectivity index (χ0v) is 12.9. The van der Waals surface area contributed by atoms with E-state index in [9.17, 15) is 0 Å². The normalized spacial score (nSPS) is 17.3. The van der Waals surface area contributed by atoms with E-state index in [4.69, 9.17) is 0 Å². The Morgan fingerprint density at radius 3 is 2.19 bits per heavy atom. The SMILES string of the molecule is Cl.c1ccc(CC2=NCCC(Cc3ccccc3)N2)cc1. The van der Waals surface area contributed by atoms with Gasteiger partial charge in [-0.3, -0.25) is 4.99 Å². The minimum Gasteiger partial charge on any atom is -0.370 e. The zero-order chi connectivity index (χ0) is 13.6. The van der Waals surface area contributed by atoms with Crippen molar-refractivity contribution < 1.29 is 0 Å². The summed E-state index contributed by atoms with van der Waals surface area (Å²) >= 11 is 0. The average molecular weight is 301 g/mol. The highest BCUT2D eigenvalue weighted by molar-refractivity contribution is 5.85. The second-order valence-corrected chi connectivity index (χ2v) is 5.31. The maximum atomic E-state index is 4.62. The maximum Gasteiger partial charge on any atom is 0.101 e. The highest BCUT2D eigenvalue weighted by Gasteiger charge is 2.15. The highest BCUT2D eigenvalue weighted by Crippen LogP contribution is 2.10. The van der Waals surface area contributed by atoms with Crippen molar-refractivity contribution in [2.45, 2.75) is 25.3 Å². The van der Waals surface area contributed by atoms with Gasteiger partial charge in [0.1, 0.15) is 5.84 Å². The van der Waals surface area contributed by atoms with Crippen LogP contribution in [-0.2, 0) is 12.8 Å². The summed E-state index contributed by atoms with van der Waals surface area (Å²) in [5.41, 5.74) is 2.71. The molecular weight excluding hydrogens is 280 g/mol. The third-order valence-electron chi connectivity index (χ3n) is 3.69. The van der Waals surface area contributed by atoms with Crippen LogP contribution >= 0.6 is 12.4 Å². The monoisotopic (exact) mass is 300 g/mol. The first-order chi connectivity index (χ1) is 9.90. The molecule has 2 aromatic carbocycles. The van der Waals surface area contributed by atoms with Crippen molar-refractivity contribution in [1.82, 2.24) is 5.32 Å². The van der Waals surface area contributed by atoms with E-state index in [2.05, 4.69) is 71.0 Å². The predicted molar refractivity (Wildman–Crippen MR) is 91.4 cm³/mol. The van der Waals surface area contributed by atoms with E-state index in [-0.39, 0.29) is 12.4 Å². The van der Waals surface area contributed by atoms with Crippen LogP contribution < -0.4 is 5.32 Å². The van der Waals surface area contributed by atoms with Gasteiger partial charge in [-0.15, -0.1) is 12.4 Å². The second-order valence-electron chi connectivity index (χ2n) is 5.31. The molecule has 1 heterocycles. The first-order valence-electron chi connectivity index (χ1n) is 7.28. The molecule has 0 saturated carbocycles. The molecule has 1 N–H and O–H groups in total. The molecule has 21 heavy (non-hydrogen) atoms. The first kappa shape index (κ1) is 15.6. The van der Waals surface area contributed by atoms with Crippen LogP contribution in [0.3, 0.4) is 0 Å². The Morgan fingerprint density at radius 1 is 0.905 bits per heavy atom. The highest BCUT2D eigenvalue weighted by atomic mass is 35.5. The lowest BCUT2D eigenvalue weighted by Gasteiger charge is -2.25. The molecule has 0 amide bonds. The molecule has 110 valence electrons. The fourth-order valence-corrected chi connectivity index (χ4v) is 2.66. The Hall–Kier alpha value is -1.80. The van der Waals surface area contributed by atoms with Crippen LogP contribution in [0.1, 0.15) is 17.5 Å². The van der Waals surface area contributed by atoms with Crippen LogP contribution in [0.2, 0.25) is 0 Å². The largest absolute Gasteiger partial charge is 0.370 e. The molecule has 1 atom stereocenters. The van der Waals surface area contributed by atoms with E-state index in [1.807, 2.05) is 0 Å². The molecule has 0 bridgehead atoms. The van der Waals surface area contributed by atoms with Gasteiger partial charge in [-0.1, -0.05) is 60.7 Å². The molecule has 1 aliphatic rings. The summed E-state index contributed by atoms with van der Waals surface area (Å²) in [6.07, 6.45) is 3.11. The summed E-state index contributed by atoms with van der Waals surface area (Å²) in [4.78, 5) is 4.62. The fraction of sp³-hybridized carbons (Fsp3) is 0.278. The van der Waals surface area contributed by atoms with Crippen molar-refractivity contribution in [2.75, 3.05) is 6.54 Å². The Kier molecular flexibility index (Phi) is 5.82. The molecule has 3 heteroatoms. The molecule has 0 aromatic heterocycles. The van der Waals surface area contributed by atoms with Crippen molar-refractivity contribution in [3.05, 3.63) is 71.8 Å². The summed E-state index contributed by atoms with van der Waals surface area (Å²) in [5, 5.41) is 3.60. The number of hydrogen-bond donors (Lipinski definition) is 1. The number of halogens is 1. The van der Waals surface area contributed by atoms with E-state index in [1.165, 1.54) is 11.1 Å². The molecule has 2 nitrogen and oxygen atoms in total. The molecule has 0 fully saturated rings. The maximum absolute atomic E-state index is 4.62. The van der Waals surface area contributed by atoms with Gasteiger partial charge < -0.3 is 5.32 Å². The lowest BCUT2D eigenvalue weighted by atomic mass is 10.0. The number of aliphatic imine (C=N–C) groups is 1. The third kappa shape index (κ3) is 4.61. The number of hydrogen-bond acceptors (Lipinski definition) is 2. The zero-order valence-electron chi connectivity index (χ0n) is 12.0. The van der Waals surface area contributed by atoms with Gasteiger partial charge in [-0.25, -0.2) is 0 Å². The van der Waals surface area contributed by atoms with Gasteiger partial charge >= 0.3 is 0 Å². The van der Waals surface area contributed by atoms with Crippen LogP contribution in [0.15, 0.2) is 65.7 Å². The minimum absolute atomic E-state index is 0. The second kappa shape index (κ2) is 7.84. The van der Waals surface area contributed by atoms with Crippen molar-refractivity contribution in [3.8, 4) is 0 Å². The van der Waals surface area contributed by atoms with E-state index >= 15 is 0 Å². The molecule has 1 unspecified atom stereocenters. The van der Waals surface area contributed by atoms with Crippen LogP contribution in [-0.4, -0.2) is 18.4 Å². The van der Waals surface area contributed by atoms with E-state index in [0.29, 0.717) is 6.04 Å². The van der Waals surface area contributed by atoms with Crippen LogP contribution in [0, 0.1) is 0 Å². The molecule has 3 rings (SSSR count). The molecule has 0 saturated heterocycles. The first-order valence-corrected chi connectivity index (χ1v) is 7.28. The quantitative estimate of drug-likeness (QED) is 0.916. The smallest absolute Gasteiger partial charge is 0.101 e. The summed E-state index contributed by atoms with van der Waals surface area (Å²) < 4.78 is 0. The van der Waals surface area contributed by atoms with Crippen molar-refractivity contribution >= 4 is 18.2 Å². The number of rotatable bonds is 4. The van der Waals surface area contributed by atoms with Gasteiger partial charge in [0.25, 0.3) is 0 Å². The van der Waals surface area contributed by atoms with E-state index < -0.39 is 0 Å². The van der Waals surface area contributed by atoms with Crippen molar-refractivity contribution in [2.24, 2.45) is 4.99 Å². The average Bonchev–Trinajstić information content (AvgIpc) is 2.50. The van der Waals surface area contributed by atoms with Crippen LogP contribution in [0.25, 0.3) is 0 Å². The van der Waals surface area contributed by atoms with E-state index in [1.54, 1.807) is 0 Å². The Balaban J connectivity index is 0.00000161. The number of benzene rings is 2. The van der Waals surface area contributed by atoms with Gasteiger partial charge in [0.05, 0.1) is 0 Å². The van der Waals surface area contributed by atoms with Gasteiger partial charge in [0.15, 0.2) is 0 Å². The van der Waals surface area contributed by atoms with Crippen LogP contribution in [0.5, 0.6) is 0 Å². The summed E-state index contributed by atoms with van der Waals surface area (Å²) in [6, 6.07) is 21.7. The Bertz CT molecular complexity index is 566. The Labute approximate surface area is 132 Å². The van der Waals surface area contributed by atoms with Gasteiger partial charge in [-0.2, -0.15) is 0 Å². The minimum atomic E-state index is 0. The molecule has 2 aromatic rings. The summed E-state index contributed by atoms with van der Waals surface area (Å²) in [7, 11) is 0. The summed E-state index contributed by atoms with van der Waals surface area (Å²) in [5.74, 6) is 1.13. The Morgan fingerprint density at radius 2 is 1.52 bits per heavy atom. The third-order valence-corrected chi connectivity index (χ3v) is 3.69. The predicted octanol–water partition coefficient (Wildman–Crippen LogP) is 3.65. The molecule has 0 spiro atoms. The summed E-state index contributed by atoms with van der Waals surface area (Å²) in [6.45, 7) is 0.937. The standard InChI is InChI=1S/C18H20N2.ClH/c1-3-7-15(8-4-1)13-17-11-12-19-18(20-17)14-16-9-5-2-6-10-16;/h1-10,17H,11-14H2,(H,19,20);1H. The van der Waals surface area contributed by atoms with Gasteiger partial charge in [0, 0.05) is 19.0 Å². The molecule has 0 aliphatic carbocycles. The topological polar surface area (TPSA) is 24.4 Å². The number of nitrogens with one attached hydrogen (secondary N) is 1. The van der Waals surface area contributed by atoms with Gasteiger partial charge in [0.2, 0.25) is 0 Å². The lowest BCUT2D eigenvalue weighted by Crippen LogP contribution is -2.41. The van der Waals surface area contributed by atoms with Crippen molar-refractivity contribution in [3.63, 3.8) is 0 Å². The fourth-order valence-electron chi connectivity index (χ4n) is 2.66. The van der Waals surface area contributed by atoms with E-state index in [0.717, 1.165) is 31.6 Å². The van der Waals surface area contributed by atoms with Gasteiger partial charge in [-0.05, 0) is 24.0 Å². The number of amidine groups is 1. The van der Waals surface area contributed by atoms with Crippen LogP contribution in [0.4, 0.5) is 0 Å². The molecular formula is C18H21ClN2.